The second kappa shape index (κ2) is 7.31. The van der Waals surface area contributed by atoms with Crippen LogP contribution in [0.15, 0.2) is 78.9 Å². The average molecular weight is 345 g/mol. The number of benzene rings is 3. The van der Waals surface area contributed by atoms with Crippen LogP contribution in [0.1, 0.15) is 11.1 Å². The van der Waals surface area contributed by atoms with Gasteiger partial charge in [-0.15, -0.1) is 0 Å². The minimum Gasteiger partial charge on any atom is -0.485 e. The van der Waals surface area contributed by atoms with Gasteiger partial charge in [-0.3, -0.25) is 4.79 Å². The van der Waals surface area contributed by atoms with Gasteiger partial charge in [-0.05, 0) is 35.7 Å². The third-order valence-corrected chi connectivity index (χ3v) is 4.31. The number of amides is 1. The third kappa shape index (κ3) is 3.54. The highest BCUT2D eigenvalue weighted by Crippen LogP contribution is 2.31. The monoisotopic (exact) mass is 345 g/mol. The lowest BCUT2D eigenvalue weighted by Crippen LogP contribution is -2.40. The van der Waals surface area contributed by atoms with Gasteiger partial charge in [0, 0.05) is 5.69 Å². The van der Waals surface area contributed by atoms with E-state index in [0.717, 1.165) is 17.7 Å². The summed E-state index contributed by atoms with van der Waals surface area (Å²) in [5.74, 6) is 1.05. The van der Waals surface area contributed by atoms with Crippen molar-refractivity contribution >= 4 is 11.6 Å². The van der Waals surface area contributed by atoms with E-state index in [1.807, 2.05) is 60.7 Å². The van der Waals surface area contributed by atoms with Crippen molar-refractivity contribution in [2.24, 2.45) is 0 Å². The van der Waals surface area contributed by atoms with Crippen molar-refractivity contribution in [3.63, 3.8) is 0 Å². The number of para-hydroxylation sites is 3. The predicted octanol–water partition coefficient (Wildman–Crippen LogP) is 4.06. The number of anilines is 1. The SMILES string of the molecule is O=C(Nc1ccccc1Cc1ccccc1)[C@@H]1COc2ccccc2O1. The van der Waals surface area contributed by atoms with Crippen molar-refractivity contribution in [1.29, 1.82) is 0 Å². The Hall–Kier alpha value is -3.27. The number of carbonyl (C=O) groups is 1. The summed E-state index contributed by atoms with van der Waals surface area (Å²) in [6.45, 7) is 0.198. The summed E-state index contributed by atoms with van der Waals surface area (Å²) in [5, 5.41) is 2.99. The fraction of sp³-hybridized carbons (Fsp3) is 0.136. The molecule has 1 aliphatic heterocycles. The lowest BCUT2D eigenvalue weighted by molar-refractivity contribution is -0.125. The molecule has 26 heavy (non-hydrogen) atoms. The minimum absolute atomic E-state index is 0.198. The van der Waals surface area contributed by atoms with E-state index >= 15 is 0 Å². The first-order valence-corrected chi connectivity index (χ1v) is 8.61. The highest BCUT2D eigenvalue weighted by atomic mass is 16.6. The molecule has 3 aromatic carbocycles. The van der Waals surface area contributed by atoms with Crippen LogP contribution in [-0.2, 0) is 11.2 Å². The van der Waals surface area contributed by atoms with Crippen molar-refractivity contribution in [1.82, 2.24) is 0 Å². The molecule has 1 heterocycles. The van der Waals surface area contributed by atoms with Crippen LogP contribution >= 0.6 is 0 Å². The van der Waals surface area contributed by atoms with E-state index in [9.17, 15) is 4.79 Å². The second-order valence-corrected chi connectivity index (χ2v) is 6.17. The lowest BCUT2D eigenvalue weighted by atomic mass is 10.0. The molecule has 1 N–H and O–H groups in total. The van der Waals surface area contributed by atoms with Crippen LogP contribution in [0.3, 0.4) is 0 Å². The van der Waals surface area contributed by atoms with E-state index in [-0.39, 0.29) is 12.5 Å². The molecule has 0 unspecified atom stereocenters. The molecule has 0 aromatic heterocycles. The molecular formula is C22H19NO3. The van der Waals surface area contributed by atoms with E-state index in [1.54, 1.807) is 6.07 Å². The normalized spacial score (nSPS) is 15.3. The molecule has 0 fully saturated rings. The van der Waals surface area contributed by atoms with E-state index < -0.39 is 6.10 Å². The first-order valence-electron chi connectivity index (χ1n) is 8.61. The summed E-state index contributed by atoms with van der Waals surface area (Å²) in [6, 6.07) is 25.4. The van der Waals surface area contributed by atoms with Gasteiger partial charge in [0.05, 0.1) is 0 Å². The van der Waals surface area contributed by atoms with E-state index in [0.29, 0.717) is 11.5 Å². The molecule has 0 spiro atoms. The van der Waals surface area contributed by atoms with Gasteiger partial charge in [0.15, 0.2) is 11.5 Å². The summed E-state index contributed by atoms with van der Waals surface area (Å²) in [5.41, 5.74) is 3.05. The maximum Gasteiger partial charge on any atom is 0.269 e. The minimum atomic E-state index is -0.672. The molecule has 0 saturated heterocycles. The highest BCUT2D eigenvalue weighted by Gasteiger charge is 2.27. The molecule has 0 radical (unpaired) electrons. The van der Waals surface area contributed by atoms with Crippen molar-refractivity contribution in [3.05, 3.63) is 90.0 Å². The summed E-state index contributed by atoms with van der Waals surface area (Å²) >= 11 is 0. The molecule has 130 valence electrons. The molecule has 4 nitrogen and oxygen atoms in total. The van der Waals surface area contributed by atoms with E-state index in [1.165, 1.54) is 5.56 Å². The fourth-order valence-corrected chi connectivity index (χ4v) is 2.97. The number of rotatable bonds is 4. The Morgan fingerprint density at radius 3 is 2.42 bits per heavy atom. The standard InChI is InChI=1S/C22H19NO3/c24-22(21-15-25-19-12-6-7-13-20(19)26-21)23-18-11-5-4-10-17(18)14-16-8-2-1-3-9-16/h1-13,21H,14-15H2,(H,23,24)/t21-/m0/s1. The smallest absolute Gasteiger partial charge is 0.269 e. The summed E-state index contributed by atoms with van der Waals surface area (Å²) < 4.78 is 11.4. The van der Waals surface area contributed by atoms with Crippen LogP contribution < -0.4 is 14.8 Å². The number of ether oxygens (including phenoxy) is 2. The lowest BCUT2D eigenvalue weighted by Gasteiger charge is -2.25. The fourth-order valence-electron chi connectivity index (χ4n) is 2.97. The van der Waals surface area contributed by atoms with Gasteiger partial charge in [0.2, 0.25) is 6.10 Å². The van der Waals surface area contributed by atoms with Gasteiger partial charge in [-0.2, -0.15) is 0 Å². The second-order valence-electron chi connectivity index (χ2n) is 6.17. The Balaban J connectivity index is 1.48. The molecule has 1 amide bonds. The number of carbonyl (C=O) groups excluding carboxylic acids is 1. The van der Waals surface area contributed by atoms with Crippen LogP contribution in [-0.4, -0.2) is 18.6 Å². The van der Waals surface area contributed by atoms with Crippen LogP contribution in [0.2, 0.25) is 0 Å². The summed E-state index contributed by atoms with van der Waals surface area (Å²) in [7, 11) is 0. The van der Waals surface area contributed by atoms with E-state index in [2.05, 4.69) is 17.4 Å². The Kier molecular flexibility index (Phi) is 4.56. The third-order valence-electron chi connectivity index (χ3n) is 4.31. The summed E-state index contributed by atoms with van der Waals surface area (Å²) in [6.07, 6.45) is 0.0805. The van der Waals surface area contributed by atoms with Gasteiger partial charge in [-0.25, -0.2) is 0 Å². The van der Waals surface area contributed by atoms with Crippen molar-refractivity contribution < 1.29 is 14.3 Å². The molecule has 0 bridgehead atoms. The zero-order valence-corrected chi connectivity index (χ0v) is 14.2. The molecule has 4 rings (SSSR count). The van der Waals surface area contributed by atoms with Crippen LogP contribution in [0.5, 0.6) is 11.5 Å². The zero-order chi connectivity index (χ0) is 17.8. The van der Waals surface area contributed by atoms with Gasteiger partial charge in [0.25, 0.3) is 5.91 Å². The Morgan fingerprint density at radius 2 is 1.58 bits per heavy atom. The van der Waals surface area contributed by atoms with Crippen LogP contribution in [0, 0.1) is 0 Å². The van der Waals surface area contributed by atoms with Crippen molar-refractivity contribution in [2.45, 2.75) is 12.5 Å². The largest absolute Gasteiger partial charge is 0.485 e. The number of nitrogens with one attached hydrogen (secondary N) is 1. The number of fused-ring (bicyclic) bond motifs is 1. The van der Waals surface area contributed by atoms with Gasteiger partial charge in [-0.1, -0.05) is 60.7 Å². The Labute approximate surface area is 152 Å². The molecule has 0 saturated carbocycles. The molecule has 1 aliphatic rings. The quantitative estimate of drug-likeness (QED) is 0.776. The summed E-state index contributed by atoms with van der Waals surface area (Å²) in [4.78, 5) is 12.7. The zero-order valence-electron chi connectivity index (χ0n) is 14.2. The Bertz CT molecular complexity index is 908. The molecule has 1 atom stereocenters. The van der Waals surface area contributed by atoms with Gasteiger partial charge >= 0.3 is 0 Å². The maximum atomic E-state index is 12.7. The van der Waals surface area contributed by atoms with Crippen LogP contribution in [0.25, 0.3) is 0 Å². The Morgan fingerprint density at radius 1 is 0.885 bits per heavy atom. The van der Waals surface area contributed by atoms with Gasteiger partial charge < -0.3 is 14.8 Å². The average Bonchev–Trinajstić information content (AvgIpc) is 2.70. The maximum absolute atomic E-state index is 12.7. The molecule has 0 aliphatic carbocycles. The van der Waals surface area contributed by atoms with Crippen molar-refractivity contribution in [3.8, 4) is 11.5 Å². The van der Waals surface area contributed by atoms with Gasteiger partial charge in [0.1, 0.15) is 6.61 Å². The molecular weight excluding hydrogens is 326 g/mol. The van der Waals surface area contributed by atoms with Crippen LogP contribution in [0.4, 0.5) is 5.69 Å². The number of hydrogen-bond donors (Lipinski definition) is 1. The number of hydrogen-bond acceptors (Lipinski definition) is 3. The molecule has 3 aromatic rings. The predicted molar refractivity (Wildman–Crippen MR) is 101 cm³/mol. The topological polar surface area (TPSA) is 47.6 Å². The molecule has 4 heteroatoms. The first kappa shape index (κ1) is 16.2. The van der Waals surface area contributed by atoms with E-state index in [4.69, 9.17) is 9.47 Å². The first-order chi connectivity index (χ1) is 12.8. The highest BCUT2D eigenvalue weighted by molar-refractivity contribution is 5.95. The van der Waals surface area contributed by atoms with Crippen molar-refractivity contribution in [2.75, 3.05) is 11.9 Å².